The molecule has 0 aliphatic carbocycles. The Morgan fingerprint density at radius 1 is 1.47 bits per heavy atom. The van der Waals surface area contributed by atoms with Gasteiger partial charge in [-0.3, -0.25) is 0 Å². The molecular formula is C12H23NO2. The molecule has 2 aliphatic heterocycles. The Bertz CT molecular complexity index is 236. The second-order valence-electron chi connectivity index (χ2n) is 6.02. The van der Waals surface area contributed by atoms with Gasteiger partial charge in [-0.25, -0.2) is 0 Å². The first-order valence-electron chi connectivity index (χ1n) is 5.85. The van der Waals surface area contributed by atoms with Crippen LogP contribution in [-0.2, 0) is 9.47 Å². The number of likely N-dealkylation sites (N-methyl/N-ethyl adjacent to an activating group) is 1. The second kappa shape index (κ2) is 3.72. The summed E-state index contributed by atoms with van der Waals surface area (Å²) in [6, 6.07) is 0.569. The molecule has 2 fully saturated rings. The van der Waals surface area contributed by atoms with Crippen LogP contribution in [-0.4, -0.2) is 50.0 Å². The number of rotatable bonds is 2. The number of hydrogen-bond donors (Lipinski definition) is 0. The lowest BCUT2D eigenvalue weighted by Gasteiger charge is -2.32. The third kappa shape index (κ3) is 2.19. The van der Waals surface area contributed by atoms with Gasteiger partial charge in [0.1, 0.15) is 0 Å². The average Bonchev–Trinajstić information content (AvgIpc) is 2.64. The number of ether oxygens (including phenoxy) is 2. The Kier molecular flexibility index (Phi) is 2.82. The zero-order valence-corrected chi connectivity index (χ0v) is 10.4. The monoisotopic (exact) mass is 213 g/mol. The summed E-state index contributed by atoms with van der Waals surface area (Å²) in [5.74, 6) is 0. The molecule has 3 nitrogen and oxygen atoms in total. The number of nitrogens with zero attached hydrogens (tertiary/aromatic N) is 1. The molecule has 2 rings (SSSR count). The van der Waals surface area contributed by atoms with E-state index >= 15 is 0 Å². The summed E-state index contributed by atoms with van der Waals surface area (Å²) >= 11 is 0. The van der Waals surface area contributed by atoms with Crippen LogP contribution in [0.4, 0.5) is 0 Å². The van der Waals surface area contributed by atoms with Crippen LogP contribution in [0.3, 0.4) is 0 Å². The molecule has 0 radical (unpaired) electrons. The van der Waals surface area contributed by atoms with Gasteiger partial charge in [0.05, 0.1) is 25.4 Å². The smallest absolute Gasteiger partial charge is 0.0629 e. The number of hydrogen-bond acceptors (Lipinski definition) is 3. The summed E-state index contributed by atoms with van der Waals surface area (Å²) in [5, 5.41) is 0. The minimum Gasteiger partial charge on any atom is -0.379 e. The van der Waals surface area contributed by atoms with Gasteiger partial charge in [0.25, 0.3) is 0 Å². The molecule has 0 saturated carbocycles. The van der Waals surface area contributed by atoms with Gasteiger partial charge >= 0.3 is 0 Å². The molecule has 88 valence electrons. The molecule has 0 aromatic carbocycles. The molecule has 0 aromatic heterocycles. The molecule has 2 saturated heterocycles. The van der Waals surface area contributed by atoms with Gasteiger partial charge in [-0.15, -0.1) is 0 Å². The van der Waals surface area contributed by atoms with E-state index in [9.17, 15) is 0 Å². The minimum absolute atomic E-state index is 0.0386. The molecule has 3 heteroatoms. The van der Waals surface area contributed by atoms with Crippen molar-refractivity contribution in [3.63, 3.8) is 0 Å². The first-order valence-corrected chi connectivity index (χ1v) is 5.85. The molecule has 2 aliphatic rings. The van der Waals surface area contributed by atoms with Crippen molar-refractivity contribution in [3.8, 4) is 0 Å². The van der Waals surface area contributed by atoms with Crippen LogP contribution in [0.15, 0.2) is 0 Å². The standard InChI is InChI=1S/C12H23NO2/c1-11(2,3)15-9-12-5-6-13(4)10(12)7-14-8-12/h10H,5-9H2,1-4H3. The molecule has 0 amide bonds. The highest BCUT2D eigenvalue weighted by Crippen LogP contribution is 2.41. The Hall–Kier alpha value is -0.120. The lowest BCUT2D eigenvalue weighted by Crippen LogP contribution is -2.41. The van der Waals surface area contributed by atoms with E-state index in [0.717, 1.165) is 19.8 Å². The van der Waals surface area contributed by atoms with Crippen molar-refractivity contribution < 1.29 is 9.47 Å². The summed E-state index contributed by atoms with van der Waals surface area (Å²) in [7, 11) is 2.19. The molecule has 2 atom stereocenters. The molecule has 15 heavy (non-hydrogen) atoms. The van der Waals surface area contributed by atoms with Crippen LogP contribution in [0, 0.1) is 5.41 Å². The highest BCUT2D eigenvalue weighted by Gasteiger charge is 2.50. The molecule has 2 unspecified atom stereocenters. The first kappa shape index (κ1) is 11.4. The zero-order chi connectivity index (χ0) is 11.1. The van der Waals surface area contributed by atoms with Crippen molar-refractivity contribution in [2.45, 2.75) is 38.8 Å². The van der Waals surface area contributed by atoms with Gasteiger partial charge in [-0.2, -0.15) is 0 Å². The fourth-order valence-corrected chi connectivity index (χ4v) is 2.61. The summed E-state index contributed by atoms with van der Waals surface area (Å²) in [6.45, 7) is 10.1. The van der Waals surface area contributed by atoms with Crippen molar-refractivity contribution in [2.24, 2.45) is 5.41 Å². The van der Waals surface area contributed by atoms with E-state index in [2.05, 4.69) is 32.7 Å². The quantitative estimate of drug-likeness (QED) is 0.694. The summed E-state index contributed by atoms with van der Waals surface area (Å²) in [6.07, 6.45) is 1.21. The van der Waals surface area contributed by atoms with E-state index in [1.807, 2.05) is 0 Å². The predicted octanol–water partition coefficient (Wildman–Crippen LogP) is 1.52. The number of likely N-dealkylation sites (tertiary alicyclic amines) is 1. The van der Waals surface area contributed by atoms with Crippen molar-refractivity contribution in [3.05, 3.63) is 0 Å². The van der Waals surface area contributed by atoms with Gasteiger partial charge in [-0.1, -0.05) is 0 Å². The fraction of sp³-hybridized carbons (Fsp3) is 1.00. The average molecular weight is 213 g/mol. The highest BCUT2D eigenvalue weighted by atomic mass is 16.5. The Balaban J connectivity index is 2.00. The SMILES string of the molecule is CN1CCC2(COC(C)(C)C)COCC12. The summed E-state index contributed by atoms with van der Waals surface area (Å²) in [5.41, 5.74) is 0.227. The minimum atomic E-state index is -0.0386. The highest BCUT2D eigenvalue weighted by molar-refractivity contribution is 5.01. The van der Waals surface area contributed by atoms with Gasteiger partial charge in [0.2, 0.25) is 0 Å². The van der Waals surface area contributed by atoms with Crippen molar-refractivity contribution in [2.75, 3.05) is 33.4 Å². The summed E-state index contributed by atoms with van der Waals surface area (Å²) < 4.78 is 11.6. The molecular weight excluding hydrogens is 190 g/mol. The van der Waals surface area contributed by atoms with Crippen LogP contribution in [0.1, 0.15) is 27.2 Å². The van der Waals surface area contributed by atoms with Crippen LogP contribution in [0.5, 0.6) is 0 Å². The van der Waals surface area contributed by atoms with E-state index in [1.165, 1.54) is 13.0 Å². The summed E-state index contributed by atoms with van der Waals surface area (Å²) in [4.78, 5) is 2.42. The van der Waals surface area contributed by atoms with E-state index in [-0.39, 0.29) is 11.0 Å². The van der Waals surface area contributed by atoms with Gasteiger partial charge in [0, 0.05) is 11.5 Å². The molecule has 0 bridgehead atoms. The Labute approximate surface area is 92.7 Å². The molecule has 0 aromatic rings. The lowest BCUT2D eigenvalue weighted by atomic mass is 9.84. The fourth-order valence-electron chi connectivity index (χ4n) is 2.61. The number of fused-ring (bicyclic) bond motifs is 1. The van der Waals surface area contributed by atoms with Crippen molar-refractivity contribution in [1.82, 2.24) is 4.90 Å². The van der Waals surface area contributed by atoms with Crippen LogP contribution >= 0.6 is 0 Å². The maximum absolute atomic E-state index is 5.96. The first-order chi connectivity index (χ1) is 6.93. The normalized spacial score (nSPS) is 37.2. The van der Waals surface area contributed by atoms with Crippen LogP contribution in [0.25, 0.3) is 0 Å². The van der Waals surface area contributed by atoms with E-state index in [0.29, 0.717) is 6.04 Å². The van der Waals surface area contributed by atoms with E-state index < -0.39 is 0 Å². The Morgan fingerprint density at radius 3 is 2.87 bits per heavy atom. The molecule has 0 spiro atoms. The zero-order valence-electron chi connectivity index (χ0n) is 10.4. The molecule has 0 N–H and O–H groups in total. The van der Waals surface area contributed by atoms with E-state index in [4.69, 9.17) is 9.47 Å². The second-order valence-corrected chi connectivity index (χ2v) is 6.02. The van der Waals surface area contributed by atoms with Gasteiger partial charge in [-0.05, 0) is 40.8 Å². The third-order valence-corrected chi connectivity index (χ3v) is 3.66. The van der Waals surface area contributed by atoms with Crippen LogP contribution in [0.2, 0.25) is 0 Å². The molecule has 2 heterocycles. The van der Waals surface area contributed by atoms with E-state index in [1.54, 1.807) is 0 Å². The maximum atomic E-state index is 5.96. The lowest BCUT2D eigenvalue weighted by molar-refractivity contribution is -0.0560. The van der Waals surface area contributed by atoms with Crippen molar-refractivity contribution in [1.29, 1.82) is 0 Å². The van der Waals surface area contributed by atoms with Gasteiger partial charge in [0.15, 0.2) is 0 Å². The van der Waals surface area contributed by atoms with Gasteiger partial charge < -0.3 is 14.4 Å². The van der Waals surface area contributed by atoms with Crippen LogP contribution < -0.4 is 0 Å². The third-order valence-electron chi connectivity index (χ3n) is 3.66. The topological polar surface area (TPSA) is 21.7 Å². The largest absolute Gasteiger partial charge is 0.379 e. The van der Waals surface area contributed by atoms with Crippen molar-refractivity contribution >= 4 is 0 Å². The predicted molar refractivity (Wildman–Crippen MR) is 60.0 cm³/mol. The Morgan fingerprint density at radius 2 is 2.20 bits per heavy atom. The maximum Gasteiger partial charge on any atom is 0.0629 e.